The summed E-state index contributed by atoms with van der Waals surface area (Å²) in [7, 11) is 0. The van der Waals surface area contributed by atoms with Gasteiger partial charge < -0.3 is 0 Å². The molecule has 1 aromatic rings. The molecule has 1 aromatic carbocycles. The third kappa shape index (κ3) is 1.89. The number of hydrogen-bond donors (Lipinski definition) is 0. The lowest BCUT2D eigenvalue weighted by Crippen LogP contribution is -2.44. The minimum atomic E-state index is 0.709. The maximum Gasteiger partial charge on any atom is 0.0351 e. The lowest BCUT2D eigenvalue weighted by atomic mass is 9.86. The van der Waals surface area contributed by atoms with Crippen molar-refractivity contribution in [1.29, 1.82) is 0 Å². The van der Waals surface area contributed by atoms with Crippen molar-refractivity contribution in [2.45, 2.75) is 50.6 Å². The molecule has 1 aliphatic carbocycles. The molecule has 2 fully saturated rings. The Morgan fingerprint density at radius 1 is 0.875 bits per heavy atom. The first-order valence-electron chi connectivity index (χ1n) is 6.76. The maximum absolute atomic E-state index is 2.78. The van der Waals surface area contributed by atoms with Crippen LogP contribution in [0.25, 0.3) is 0 Å². The van der Waals surface area contributed by atoms with Crippen molar-refractivity contribution in [3.63, 3.8) is 0 Å². The van der Waals surface area contributed by atoms with E-state index < -0.39 is 0 Å². The minimum absolute atomic E-state index is 0.709. The standard InChI is InChI=1S/C15H21N/c1-2-7-13(8-3-1)15-11-4-5-12-16(15)14-9-6-10-14/h1-3,7-8,14-15H,4-6,9-12H2. The second-order valence-corrected chi connectivity index (χ2v) is 5.24. The molecule has 1 heterocycles. The maximum atomic E-state index is 2.78. The monoisotopic (exact) mass is 215 g/mol. The van der Waals surface area contributed by atoms with E-state index in [1.807, 2.05) is 0 Å². The molecule has 86 valence electrons. The van der Waals surface area contributed by atoms with Gasteiger partial charge in [0.25, 0.3) is 0 Å². The Bertz CT molecular complexity index is 329. The van der Waals surface area contributed by atoms with Gasteiger partial charge in [-0.2, -0.15) is 0 Å². The summed E-state index contributed by atoms with van der Waals surface area (Å²) >= 11 is 0. The number of nitrogens with zero attached hydrogens (tertiary/aromatic N) is 1. The molecule has 1 saturated carbocycles. The Balaban J connectivity index is 1.80. The van der Waals surface area contributed by atoms with Gasteiger partial charge in [-0.05, 0) is 37.8 Å². The number of likely N-dealkylation sites (tertiary alicyclic amines) is 1. The Kier molecular flexibility index (Phi) is 2.96. The largest absolute Gasteiger partial charge is 0.293 e. The lowest BCUT2D eigenvalue weighted by molar-refractivity contribution is 0.0511. The number of piperidine rings is 1. The molecule has 1 atom stereocenters. The molecule has 0 aromatic heterocycles. The second kappa shape index (κ2) is 4.58. The van der Waals surface area contributed by atoms with Crippen LogP contribution in [0.3, 0.4) is 0 Å². The van der Waals surface area contributed by atoms with Gasteiger partial charge in [-0.25, -0.2) is 0 Å². The average molecular weight is 215 g/mol. The second-order valence-electron chi connectivity index (χ2n) is 5.24. The van der Waals surface area contributed by atoms with Gasteiger partial charge in [0.2, 0.25) is 0 Å². The van der Waals surface area contributed by atoms with Crippen LogP contribution in [0.4, 0.5) is 0 Å². The highest BCUT2D eigenvalue weighted by Gasteiger charge is 2.32. The van der Waals surface area contributed by atoms with Gasteiger partial charge in [-0.1, -0.05) is 43.2 Å². The fourth-order valence-corrected chi connectivity index (χ4v) is 3.14. The van der Waals surface area contributed by atoms with Crippen molar-refractivity contribution in [3.05, 3.63) is 35.9 Å². The lowest BCUT2D eigenvalue weighted by Gasteiger charge is -2.45. The summed E-state index contributed by atoms with van der Waals surface area (Å²) in [5, 5.41) is 0. The molecule has 0 radical (unpaired) electrons. The topological polar surface area (TPSA) is 3.24 Å². The van der Waals surface area contributed by atoms with E-state index in [1.54, 1.807) is 0 Å². The van der Waals surface area contributed by atoms with E-state index in [0.717, 1.165) is 6.04 Å². The van der Waals surface area contributed by atoms with Gasteiger partial charge in [-0.15, -0.1) is 0 Å². The van der Waals surface area contributed by atoms with Crippen LogP contribution in [0.2, 0.25) is 0 Å². The van der Waals surface area contributed by atoms with E-state index in [4.69, 9.17) is 0 Å². The molecule has 0 bridgehead atoms. The van der Waals surface area contributed by atoms with Crippen LogP contribution in [0, 0.1) is 0 Å². The number of rotatable bonds is 2. The molecule has 1 heteroatoms. The van der Waals surface area contributed by atoms with E-state index in [1.165, 1.54) is 50.6 Å². The molecule has 3 rings (SSSR count). The zero-order chi connectivity index (χ0) is 10.8. The Hall–Kier alpha value is -0.820. The van der Waals surface area contributed by atoms with Crippen molar-refractivity contribution < 1.29 is 0 Å². The van der Waals surface area contributed by atoms with E-state index in [2.05, 4.69) is 35.2 Å². The van der Waals surface area contributed by atoms with Crippen LogP contribution in [0.1, 0.15) is 50.1 Å². The summed E-state index contributed by atoms with van der Waals surface area (Å²) in [6.07, 6.45) is 8.48. The number of hydrogen-bond acceptors (Lipinski definition) is 1. The third-order valence-electron chi connectivity index (χ3n) is 4.27. The average Bonchev–Trinajstić information content (AvgIpc) is 2.29. The summed E-state index contributed by atoms with van der Waals surface area (Å²) < 4.78 is 0. The van der Waals surface area contributed by atoms with E-state index in [-0.39, 0.29) is 0 Å². The highest BCUT2D eigenvalue weighted by Crippen LogP contribution is 2.37. The summed E-state index contributed by atoms with van der Waals surface area (Å²) in [6, 6.07) is 12.7. The molecule has 0 N–H and O–H groups in total. The van der Waals surface area contributed by atoms with Gasteiger partial charge in [0.15, 0.2) is 0 Å². The molecule has 16 heavy (non-hydrogen) atoms. The fourth-order valence-electron chi connectivity index (χ4n) is 3.14. The molecule has 2 aliphatic rings. The molecular formula is C15H21N. The molecule has 1 nitrogen and oxygen atoms in total. The van der Waals surface area contributed by atoms with E-state index in [9.17, 15) is 0 Å². The first kappa shape index (κ1) is 10.3. The molecular weight excluding hydrogens is 194 g/mol. The minimum Gasteiger partial charge on any atom is -0.293 e. The van der Waals surface area contributed by atoms with Crippen LogP contribution in [0.5, 0.6) is 0 Å². The fraction of sp³-hybridized carbons (Fsp3) is 0.600. The summed E-state index contributed by atoms with van der Waals surface area (Å²) in [5.74, 6) is 0. The highest BCUT2D eigenvalue weighted by atomic mass is 15.2. The molecule has 0 amide bonds. The quantitative estimate of drug-likeness (QED) is 0.726. The first-order chi connectivity index (χ1) is 7.95. The van der Waals surface area contributed by atoms with Crippen LogP contribution in [-0.4, -0.2) is 17.5 Å². The summed E-state index contributed by atoms with van der Waals surface area (Å²) in [6.45, 7) is 1.32. The van der Waals surface area contributed by atoms with E-state index in [0.29, 0.717) is 6.04 Å². The summed E-state index contributed by atoms with van der Waals surface area (Å²) in [5.41, 5.74) is 1.54. The first-order valence-corrected chi connectivity index (χ1v) is 6.76. The van der Waals surface area contributed by atoms with Gasteiger partial charge in [0.1, 0.15) is 0 Å². The van der Waals surface area contributed by atoms with Gasteiger partial charge in [-0.3, -0.25) is 4.90 Å². The van der Waals surface area contributed by atoms with Crippen molar-refractivity contribution in [2.24, 2.45) is 0 Å². The normalized spacial score (nSPS) is 27.6. The third-order valence-corrected chi connectivity index (χ3v) is 4.27. The van der Waals surface area contributed by atoms with Crippen LogP contribution >= 0.6 is 0 Å². The van der Waals surface area contributed by atoms with Crippen molar-refractivity contribution >= 4 is 0 Å². The van der Waals surface area contributed by atoms with Crippen molar-refractivity contribution in [1.82, 2.24) is 4.90 Å². The smallest absolute Gasteiger partial charge is 0.0351 e. The van der Waals surface area contributed by atoms with Gasteiger partial charge in [0, 0.05) is 12.1 Å². The molecule has 1 saturated heterocycles. The predicted octanol–water partition coefficient (Wildman–Crippen LogP) is 3.77. The Morgan fingerprint density at radius 3 is 2.38 bits per heavy atom. The Morgan fingerprint density at radius 2 is 1.69 bits per heavy atom. The van der Waals surface area contributed by atoms with Crippen molar-refractivity contribution in [3.8, 4) is 0 Å². The van der Waals surface area contributed by atoms with Crippen LogP contribution in [-0.2, 0) is 0 Å². The number of benzene rings is 1. The van der Waals surface area contributed by atoms with Crippen molar-refractivity contribution in [2.75, 3.05) is 6.54 Å². The SMILES string of the molecule is c1ccc(C2CCCCN2C2CCC2)cc1. The van der Waals surface area contributed by atoms with Crippen LogP contribution in [0.15, 0.2) is 30.3 Å². The van der Waals surface area contributed by atoms with Gasteiger partial charge >= 0.3 is 0 Å². The summed E-state index contributed by atoms with van der Waals surface area (Å²) in [4.78, 5) is 2.78. The zero-order valence-corrected chi connectivity index (χ0v) is 9.94. The van der Waals surface area contributed by atoms with Crippen LogP contribution < -0.4 is 0 Å². The van der Waals surface area contributed by atoms with Gasteiger partial charge in [0.05, 0.1) is 0 Å². The molecule has 1 unspecified atom stereocenters. The highest BCUT2D eigenvalue weighted by molar-refractivity contribution is 5.20. The molecule has 1 aliphatic heterocycles. The van der Waals surface area contributed by atoms with E-state index >= 15 is 0 Å². The zero-order valence-electron chi connectivity index (χ0n) is 9.94. The molecule has 0 spiro atoms. The predicted molar refractivity (Wildman–Crippen MR) is 67.4 cm³/mol. The Labute approximate surface area is 98.5 Å².